The van der Waals surface area contributed by atoms with Gasteiger partial charge in [0.25, 0.3) is 0 Å². The van der Waals surface area contributed by atoms with Crippen LogP contribution in [-0.4, -0.2) is 37.2 Å². The summed E-state index contributed by atoms with van der Waals surface area (Å²) in [6, 6.07) is 0. The fraction of sp³-hybridized carbons (Fsp3) is 1.00. The van der Waals surface area contributed by atoms with Crippen LogP contribution < -0.4 is 0 Å². The van der Waals surface area contributed by atoms with E-state index in [0.717, 1.165) is 0 Å². The minimum absolute atomic E-state index is 0.0899. The summed E-state index contributed by atoms with van der Waals surface area (Å²) in [5, 5.41) is 0. The molecule has 0 radical (unpaired) electrons. The topological polar surface area (TPSA) is 43.4 Å². The Labute approximate surface area is 72.1 Å². The van der Waals surface area contributed by atoms with Crippen LogP contribution in [0.25, 0.3) is 0 Å². The van der Waals surface area contributed by atoms with Gasteiger partial charge in [-0.25, -0.2) is 0 Å². The fourth-order valence-electron chi connectivity index (χ4n) is 0.237. The van der Waals surface area contributed by atoms with E-state index in [4.69, 9.17) is 0 Å². The molecule has 0 aromatic rings. The van der Waals surface area contributed by atoms with Gasteiger partial charge in [-0.1, -0.05) is 0 Å². The van der Waals surface area contributed by atoms with Crippen molar-refractivity contribution >= 4 is 24.7 Å². The zero-order valence-electron chi connectivity index (χ0n) is 5.52. The van der Waals surface area contributed by atoms with Crippen LogP contribution in [0.15, 0.2) is 0 Å². The first-order chi connectivity index (χ1) is 4.96. The third-order valence-electron chi connectivity index (χ3n) is 0.586. The van der Waals surface area contributed by atoms with E-state index in [-0.39, 0.29) is 16.5 Å². The van der Waals surface area contributed by atoms with Crippen molar-refractivity contribution < 1.29 is 34.6 Å². The van der Waals surface area contributed by atoms with Gasteiger partial charge in [0.15, 0.2) is 0 Å². The summed E-state index contributed by atoms with van der Waals surface area (Å²) in [5.41, 5.74) is 0. The van der Waals surface area contributed by atoms with Crippen LogP contribution in [0.3, 0.4) is 0 Å². The van der Waals surface area contributed by atoms with Crippen molar-refractivity contribution in [2.75, 3.05) is 0 Å². The van der Waals surface area contributed by atoms with E-state index in [0.29, 0.717) is 0 Å². The van der Waals surface area contributed by atoms with Gasteiger partial charge in [0.1, 0.15) is 0 Å². The normalized spacial score (nSPS) is 14.9. The molecule has 10 heteroatoms. The average molecular weight is 206 g/mol. The van der Waals surface area contributed by atoms with Crippen molar-refractivity contribution in [1.82, 2.24) is 0 Å². The zero-order chi connectivity index (χ0) is 10.2. The van der Waals surface area contributed by atoms with E-state index < -0.39 is 20.5 Å². The Bertz CT molecular complexity index is 254. The standard InChI is InChI=1S/C2F5O3S.Li/c3-1(4,5)2(6,7)10-11(8)9;. The molecule has 0 saturated carbocycles. The minimum atomic E-state index is -6.03. The molecule has 0 spiro atoms. The van der Waals surface area contributed by atoms with Crippen LogP contribution in [0.5, 0.6) is 0 Å². The Balaban J connectivity index is 4.67. The SMILES string of the molecule is [Li][S](=O)(=O)OC(F)(F)C(F)(F)F. The molecule has 0 aliphatic rings. The van der Waals surface area contributed by atoms with Crippen molar-refractivity contribution in [3.05, 3.63) is 0 Å². The summed E-state index contributed by atoms with van der Waals surface area (Å²) in [6.45, 7) is 0. The molecule has 0 rings (SSSR count). The maximum atomic E-state index is 11.7. The van der Waals surface area contributed by atoms with Crippen LogP contribution in [-0.2, 0) is 12.4 Å². The van der Waals surface area contributed by atoms with E-state index in [1.54, 1.807) is 0 Å². The molecule has 68 valence electrons. The van der Waals surface area contributed by atoms with Crippen LogP contribution in [0.2, 0.25) is 0 Å². The van der Waals surface area contributed by atoms with Gasteiger partial charge in [-0.05, 0) is 0 Å². The maximum absolute atomic E-state index is 11.7. The van der Waals surface area contributed by atoms with Crippen molar-refractivity contribution in [2.45, 2.75) is 12.3 Å². The molecule has 0 aliphatic heterocycles. The van der Waals surface area contributed by atoms with Crippen molar-refractivity contribution in [1.29, 1.82) is 0 Å². The predicted octanol–water partition coefficient (Wildman–Crippen LogP) is 0.571. The Morgan fingerprint density at radius 3 is 1.50 bits per heavy atom. The Kier molecular flexibility index (Phi) is 3.18. The van der Waals surface area contributed by atoms with E-state index in [2.05, 4.69) is 4.18 Å². The first-order valence-corrected chi connectivity index (χ1v) is 4.12. The summed E-state index contributed by atoms with van der Waals surface area (Å²) < 4.78 is 79.4. The van der Waals surface area contributed by atoms with Crippen LogP contribution in [0.1, 0.15) is 0 Å². The van der Waals surface area contributed by atoms with Crippen molar-refractivity contribution in [3.8, 4) is 0 Å². The van der Waals surface area contributed by atoms with E-state index >= 15 is 0 Å². The third kappa shape index (κ3) is 3.71. The Morgan fingerprint density at radius 1 is 1.08 bits per heavy atom. The fourth-order valence-corrected chi connectivity index (χ4v) is 0.712. The summed E-state index contributed by atoms with van der Waals surface area (Å²) in [7, 11) is -4.83. The molecule has 0 saturated heterocycles. The van der Waals surface area contributed by atoms with Crippen LogP contribution >= 0.6 is 0 Å². The van der Waals surface area contributed by atoms with Crippen LogP contribution in [0, 0.1) is 0 Å². The molecular weight excluding hydrogens is 206 g/mol. The molecule has 0 heterocycles. The first kappa shape index (κ1) is 12.2. The second kappa shape index (κ2) is 3.14. The molecule has 12 heavy (non-hydrogen) atoms. The van der Waals surface area contributed by atoms with Gasteiger partial charge in [-0.15, -0.1) is 0 Å². The van der Waals surface area contributed by atoms with E-state index in [9.17, 15) is 30.4 Å². The number of hydrogen-bond donors (Lipinski definition) is 0. The molecule has 0 atom stereocenters. The summed E-state index contributed by atoms with van der Waals surface area (Å²) in [5.74, 6) is 0. The molecule has 0 aliphatic carbocycles. The van der Waals surface area contributed by atoms with Gasteiger partial charge in [0.05, 0.1) is 0 Å². The predicted molar refractivity (Wildman–Crippen MR) is 26.8 cm³/mol. The molecule has 0 unspecified atom stereocenters. The Morgan fingerprint density at radius 2 is 1.42 bits per heavy atom. The quantitative estimate of drug-likeness (QED) is 0.490. The summed E-state index contributed by atoms with van der Waals surface area (Å²) in [4.78, 5) is 0. The van der Waals surface area contributed by atoms with Gasteiger partial charge in [0.2, 0.25) is 0 Å². The number of alkyl halides is 5. The van der Waals surface area contributed by atoms with Gasteiger partial charge in [0, 0.05) is 0 Å². The molecule has 3 nitrogen and oxygen atoms in total. The van der Waals surface area contributed by atoms with Gasteiger partial charge in [-0.2, -0.15) is 0 Å². The van der Waals surface area contributed by atoms with Crippen molar-refractivity contribution in [3.63, 3.8) is 0 Å². The monoisotopic (exact) mass is 206 g/mol. The number of rotatable bonds is 2. The number of hydrogen-bond acceptors (Lipinski definition) is 3. The molecule has 0 aromatic heterocycles. The first-order valence-electron chi connectivity index (χ1n) is 2.31. The van der Waals surface area contributed by atoms with Crippen molar-refractivity contribution in [2.24, 2.45) is 0 Å². The second-order valence-corrected chi connectivity index (χ2v) is 3.38. The molecule has 0 N–H and O–H groups in total. The van der Waals surface area contributed by atoms with Gasteiger partial charge in [-0.3, -0.25) is 0 Å². The number of halogens is 5. The summed E-state index contributed by atoms with van der Waals surface area (Å²) in [6.07, 6.45) is -11.7. The second-order valence-electron chi connectivity index (χ2n) is 1.80. The molecular formula is C2F5LiO3S. The molecule has 0 fully saturated rings. The van der Waals surface area contributed by atoms with Crippen LogP contribution in [0.4, 0.5) is 22.0 Å². The van der Waals surface area contributed by atoms with Gasteiger partial charge >= 0.3 is 71.6 Å². The van der Waals surface area contributed by atoms with Gasteiger partial charge < -0.3 is 0 Å². The molecule has 0 bridgehead atoms. The zero-order valence-corrected chi connectivity index (χ0v) is 6.34. The third-order valence-corrected chi connectivity index (χ3v) is 1.10. The average Bonchev–Trinajstić information content (AvgIpc) is 1.52. The van der Waals surface area contributed by atoms with E-state index in [1.807, 2.05) is 0 Å². The van der Waals surface area contributed by atoms with E-state index in [1.165, 1.54) is 0 Å². The Hall–Kier alpha value is 0.157. The molecule has 0 aromatic carbocycles. The molecule has 0 amide bonds. The summed E-state index contributed by atoms with van der Waals surface area (Å²) >= 11 is 0.0899.